The molecule has 71 heavy (non-hydrogen) atoms. The Morgan fingerprint density at radius 1 is 0.676 bits per heavy atom. The lowest BCUT2D eigenvalue weighted by Gasteiger charge is -2.15. The summed E-state index contributed by atoms with van der Waals surface area (Å²) >= 11 is 5.32. The number of hydrogen-bond donors (Lipinski definition) is 5. The van der Waals surface area contributed by atoms with Crippen molar-refractivity contribution in [3.8, 4) is 18.0 Å². The Labute approximate surface area is 406 Å². The highest BCUT2D eigenvalue weighted by Crippen LogP contribution is 2.17. The van der Waals surface area contributed by atoms with Crippen molar-refractivity contribution in [1.82, 2.24) is 74.1 Å². The Kier molecular flexibility index (Phi) is 21.7. The largest absolute Gasteiger partial charge is 0.471 e. The van der Waals surface area contributed by atoms with Crippen LogP contribution < -0.4 is 67.5 Å². The summed E-state index contributed by atoms with van der Waals surface area (Å²) in [5.74, 6) is 1.74. The van der Waals surface area contributed by atoms with Crippen LogP contribution in [-0.2, 0) is 33.2 Å². The summed E-state index contributed by atoms with van der Waals surface area (Å²) < 4.78 is 32.9. The summed E-state index contributed by atoms with van der Waals surface area (Å²) in [5.41, 5.74) is 4.99. The van der Waals surface area contributed by atoms with E-state index in [1.807, 2.05) is 0 Å². The van der Waals surface area contributed by atoms with Crippen LogP contribution in [0.15, 0.2) is 37.1 Å². The van der Waals surface area contributed by atoms with E-state index in [0.717, 1.165) is 14.2 Å². The van der Waals surface area contributed by atoms with Crippen LogP contribution in [0.3, 0.4) is 0 Å². The number of halogens is 1. The van der Waals surface area contributed by atoms with Gasteiger partial charge in [0, 0.05) is 14.1 Å². The lowest BCUT2D eigenvalue weighted by atomic mass is 10.3. The molecule has 0 fully saturated rings. The third-order valence-corrected chi connectivity index (χ3v) is 8.37. The zero-order valence-electron chi connectivity index (χ0n) is 40.0. The maximum atomic E-state index is 12.4. The molecule has 0 atom stereocenters. The molecule has 5 aromatic rings. The normalized spacial score (nSPS) is 12.4. The zero-order valence-corrected chi connectivity index (χ0v) is 40.7. The molecule has 7 rings (SSSR count). The Morgan fingerprint density at radius 2 is 1.15 bits per heavy atom. The van der Waals surface area contributed by atoms with Crippen molar-refractivity contribution in [2.45, 2.75) is 41.5 Å². The van der Waals surface area contributed by atoms with Crippen molar-refractivity contribution in [3.63, 3.8) is 0 Å². The molecule has 2 amide bonds. The molecule has 0 bridgehead atoms. The predicted molar refractivity (Wildman–Crippen MR) is 245 cm³/mol. The van der Waals surface area contributed by atoms with Gasteiger partial charge in [0.25, 0.3) is 11.8 Å². The van der Waals surface area contributed by atoms with Gasteiger partial charge < -0.3 is 69.6 Å². The third-order valence-electron chi connectivity index (χ3n) is 8.23. The number of aryl methyl sites for hydroxylation is 2. The Balaban J connectivity index is 0.000000222. The van der Waals surface area contributed by atoms with E-state index in [-0.39, 0.29) is 56.4 Å². The first-order chi connectivity index (χ1) is 34.3. The molecule has 0 spiro atoms. The van der Waals surface area contributed by atoms with E-state index in [9.17, 15) is 24.0 Å². The molecule has 6 N–H and O–H groups in total. The minimum Gasteiger partial charge on any atom is -0.471 e. The molecule has 0 radical (unpaired) electrons. The van der Waals surface area contributed by atoms with Crippen LogP contribution in [0.4, 0.5) is 21.2 Å². The van der Waals surface area contributed by atoms with Crippen molar-refractivity contribution in [3.05, 3.63) is 55.0 Å². The number of nitrogens with two attached hydrogens (primary N) is 1. The van der Waals surface area contributed by atoms with Crippen LogP contribution in [0.25, 0.3) is 0 Å². The molecule has 0 aromatic carbocycles. The van der Waals surface area contributed by atoms with Gasteiger partial charge in [-0.25, -0.2) is 29.1 Å². The number of anilines is 2. The van der Waals surface area contributed by atoms with E-state index >= 15 is 0 Å². The lowest BCUT2D eigenvalue weighted by molar-refractivity contribution is 0.0656. The van der Waals surface area contributed by atoms with Gasteiger partial charge in [0.05, 0.1) is 44.9 Å². The number of nitrogen functional groups attached to an aromatic ring is 1. The van der Waals surface area contributed by atoms with E-state index in [0.29, 0.717) is 84.3 Å². The number of carbonyl (C=O) groups excluding carboxylic acids is 2. The highest BCUT2D eigenvalue weighted by molar-refractivity contribution is 6.18. The average molecular weight is 1030 g/mol. The van der Waals surface area contributed by atoms with Gasteiger partial charge >= 0.3 is 47.2 Å². The van der Waals surface area contributed by atoms with E-state index in [2.05, 4.69) is 56.9 Å². The van der Waals surface area contributed by atoms with Crippen LogP contribution in [-0.4, -0.2) is 166 Å². The molecule has 0 unspecified atom stereocenters. The number of alkyl halides is 1. The van der Waals surface area contributed by atoms with Gasteiger partial charge in [-0.2, -0.15) is 10.2 Å². The molecule has 0 aliphatic carbocycles. The molecule has 35 heteroatoms. The summed E-state index contributed by atoms with van der Waals surface area (Å²) in [7, 11) is 3.46. The molecular weight excluding hydrogens is 974 g/mol. The summed E-state index contributed by atoms with van der Waals surface area (Å²) in [6.45, 7) is 13.9. The summed E-state index contributed by atoms with van der Waals surface area (Å²) in [6, 6.07) is -1.67. The van der Waals surface area contributed by atoms with Crippen molar-refractivity contribution >= 4 is 47.1 Å². The number of ether oxygens (including phenoxy) is 5. The Bertz CT molecular complexity index is 2710. The fourth-order valence-electron chi connectivity index (χ4n) is 5.28. The number of H-pyrrole nitrogens is 1. The first-order valence-corrected chi connectivity index (χ1v) is 22.0. The van der Waals surface area contributed by atoms with Crippen molar-refractivity contribution in [1.29, 1.82) is 0 Å². The van der Waals surface area contributed by atoms with E-state index < -0.39 is 29.1 Å². The van der Waals surface area contributed by atoms with Crippen LogP contribution in [0.5, 0.6) is 18.0 Å². The summed E-state index contributed by atoms with van der Waals surface area (Å²) in [6.07, 6.45) is 3.16. The number of carbonyl (C=O) groups is 2. The van der Waals surface area contributed by atoms with Gasteiger partial charge in [-0.05, 0) is 51.9 Å². The minimum absolute atomic E-state index is 0.0304. The van der Waals surface area contributed by atoms with Gasteiger partial charge in [-0.15, -0.1) is 36.3 Å². The number of aromatic nitrogens is 13. The van der Waals surface area contributed by atoms with Gasteiger partial charge in [0.2, 0.25) is 0 Å². The molecule has 5 aromatic heterocycles. The van der Waals surface area contributed by atoms with Crippen LogP contribution in [0.2, 0.25) is 0 Å². The first kappa shape index (κ1) is 55.0. The number of hydrogen-bond acceptors (Lipinski definition) is 24. The molecule has 392 valence electrons. The Morgan fingerprint density at radius 3 is 1.62 bits per heavy atom. The van der Waals surface area contributed by atoms with Crippen molar-refractivity contribution in [2.24, 2.45) is 24.4 Å². The third kappa shape index (κ3) is 14.7. The molecule has 0 saturated carbocycles. The summed E-state index contributed by atoms with van der Waals surface area (Å²) in [4.78, 5) is 83.8. The second-order valence-corrected chi connectivity index (χ2v) is 13.2. The van der Waals surface area contributed by atoms with Crippen LogP contribution in [0, 0.1) is 0 Å². The molecular formula is C36H56ClN19O15. The quantitative estimate of drug-likeness (QED) is 0.0351. The number of rotatable bonds is 18. The maximum Gasteiger partial charge on any atom is 0.391 e. The van der Waals surface area contributed by atoms with Gasteiger partial charge in [-0.1, -0.05) is 14.2 Å². The fraction of sp³-hybridized carbons (Fsp3) is 0.556. The molecule has 34 nitrogen and oxygen atoms in total. The minimum atomic E-state index is -0.781. The number of amides is 2. The van der Waals surface area contributed by atoms with E-state index in [1.54, 1.807) is 77.4 Å². The topological polar surface area (TPSA) is 379 Å². The molecule has 2 aliphatic rings. The first-order valence-electron chi connectivity index (χ1n) is 21.5. The van der Waals surface area contributed by atoms with Gasteiger partial charge in [-0.3, -0.25) is 9.36 Å². The molecule has 2 aliphatic heterocycles. The van der Waals surface area contributed by atoms with Crippen LogP contribution in [0.1, 0.15) is 52.7 Å². The number of nitrogens with one attached hydrogen (secondary N) is 4. The monoisotopic (exact) mass is 1030 g/mol. The highest BCUT2D eigenvalue weighted by Gasteiger charge is 2.23. The van der Waals surface area contributed by atoms with Crippen LogP contribution >= 0.6 is 11.6 Å². The maximum absolute atomic E-state index is 12.4. The van der Waals surface area contributed by atoms with Gasteiger partial charge in [0.15, 0.2) is 13.2 Å². The second-order valence-electron chi connectivity index (χ2n) is 12.9. The average Bonchev–Trinajstić information content (AvgIpc) is 4.17. The number of nitrogens with zero attached hydrogens (tertiary/aromatic N) is 14. The molecule has 0 saturated heterocycles. The van der Waals surface area contributed by atoms with Crippen molar-refractivity contribution < 1.29 is 57.5 Å². The summed E-state index contributed by atoms with van der Waals surface area (Å²) in [5, 5.41) is 36.8. The SMILES string of the molecule is CCOc1n[nH]c(=O)n1OCC.CCOc1nn(C(=O)NCCl)c(=O)n1OCC.CCOc1nn(C(=O)NCNc2c(C3=NOCCO3)cnn2C)c(=O)n1OCC.Cn1ncc(C2=NOCCO2)c1N. The fourth-order valence-corrected chi connectivity index (χ4v) is 5.39. The Hall–Kier alpha value is -8.59. The smallest absolute Gasteiger partial charge is 0.391 e. The second kappa shape index (κ2) is 28.0. The predicted octanol–water partition coefficient (Wildman–Crippen LogP) is -2.26. The van der Waals surface area contributed by atoms with Crippen molar-refractivity contribution in [2.75, 3.05) is 89.8 Å². The molecule has 7 heterocycles. The van der Waals surface area contributed by atoms with E-state index in [1.165, 1.54) is 0 Å². The highest BCUT2D eigenvalue weighted by atomic mass is 35.5. The van der Waals surface area contributed by atoms with E-state index in [4.69, 9.17) is 65.2 Å². The standard InChI is InChI=1S/C15H22N8O6.C8H13ClN4O4.C7H10N4O2.C6H11N3O3/c1-4-26-14-19-22(15(25)23(14)29-5-2)13(24)17-9-16-11-10(8-18-21(11)3)12-20-28-7-6-27-12;1-3-16-7-11-12(6(14)10-5-9)8(15)13(7)17-4-2;1-11-6(8)5(4-9-11)7-10-13-3-2-12-7;1-3-11-6-8-7-5(10)9(6)12-4-2/h8,16H,4-7,9H2,1-3H3,(H,17,24);3-5H2,1-2H3,(H,10,14);4H,2-3,8H2,1H3;3-4H2,1-2H3,(H,7,10). The van der Waals surface area contributed by atoms with Gasteiger partial charge in [0.1, 0.15) is 55.8 Å². The zero-order chi connectivity index (χ0) is 51.9. The number of aromatic amines is 1. The number of oxime groups is 2. The lowest BCUT2D eigenvalue weighted by Crippen LogP contribution is -2.41.